The monoisotopic (exact) mass is 501 g/mol. The number of fused-ring (bicyclic) bond motifs is 5. The number of amides is 2. The molecule has 3 N–H and O–H groups in total. The number of rotatable bonds is 3. The first kappa shape index (κ1) is 25.3. The molecule has 1 saturated heterocycles. The summed E-state index contributed by atoms with van der Waals surface area (Å²) in [7, 11) is 0. The summed E-state index contributed by atoms with van der Waals surface area (Å²) >= 11 is 0. The molecule has 2 fully saturated rings. The summed E-state index contributed by atoms with van der Waals surface area (Å²) in [6, 6.07) is 12.8. The molecule has 3 aliphatic rings. The lowest BCUT2D eigenvalue weighted by molar-refractivity contribution is -0.123. The Morgan fingerprint density at radius 2 is 1.89 bits per heavy atom. The number of piperidine rings is 1. The van der Waals surface area contributed by atoms with Crippen LogP contribution < -0.4 is 25.4 Å². The van der Waals surface area contributed by atoms with Crippen molar-refractivity contribution in [3.8, 4) is 17.2 Å². The Bertz CT molecular complexity index is 1050. The van der Waals surface area contributed by atoms with Crippen molar-refractivity contribution in [1.82, 2.24) is 16.0 Å². The maximum Gasteiger partial charge on any atom is 0.251 e. The van der Waals surface area contributed by atoms with Crippen LogP contribution in [0.5, 0.6) is 17.2 Å². The molecular formula is C26H32ClN3O5. The van der Waals surface area contributed by atoms with Gasteiger partial charge in [0, 0.05) is 31.1 Å². The van der Waals surface area contributed by atoms with Crippen molar-refractivity contribution >= 4 is 24.2 Å². The van der Waals surface area contributed by atoms with Crippen LogP contribution in [-0.4, -0.2) is 50.2 Å². The summed E-state index contributed by atoms with van der Waals surface area (Å²) in [6.45, 7) is 2.79. The zero-order valence-corrected chi connectivity index (χ0v) is 20.4. The van der Waals surface area contributed by atoms with Gasteiger partial charge in [0.15, 0.2) is 0 Å². The van der Waals surface area contributed by atoms with E-state index in [4.69, 9.17) is 14.2 Å². The minimum atomic E-state index is -0.270. The van der Waals surface area contributed by atoms with Gasteiger partial charge >= 0.3 is 0 Å². The SMILES string of the molecule is Cl.O=C1CCNC(=O)c2cc(OCC3CC3)cc(c2)Oc2cccc(c2)CO[C@@H]2CCNC[C@@H]2N1. The second kappa shape index (κ2) is 11.7. The van der Waals surface area contributed by atoms with Crippen molar-refractivity contribution in [2.75, 3.05) is 26.2 Å². The van der Waals surface area contributed by atoms with E-state index in [1.807, 2.05) is 30.3 Å². The van der Waals surface area contributed by atoms with Crippen LogP contribution in [0.1, 0.15) is 41.6 Å². The van der Waals surface area contributed by atoms with E-state index in [0.29, 0.717) is 48.5 Å². The van der Waals surface area contributed by atoms with E-state index in [2.05, 4.69) is 16.0 Å². The maximum absolute atomic E-state index is 12.9. The number of ether oxygens (including phenoxy) is 3. The highest BCUT2D eigenvalue weighted by Gasteiger charge is 2.27. The van der Waals surface area contributed by atoms with Crippen molar-refractivity contribution in [2.45, 2.75) is 44.4 Å². The Labute approximate surface area is 211 Å². The van der Waals surface area contributed by atoms with E-state index in [-0.39, 0.29) is 49.3 Å². The number of benzene rings is 2. The van der Waals surface area contributed by atoms with E-state index in [1.54, 1.807) is 12.1 Å². The van der Waals surface area contributed by atoms with Crippen LogP contribution in [0.4, 0.5) is 0 Å². The average Bonchev–Trinajstić information content (AvgIpc) is 3.66. The Morgan fingerprint density at radius 1 is 1.00 bits per heavy atom. The van der Waals surface area contributed by atoms with Crippen molar-refractivity contribution in [3.05, 3.63) is 53.6 Å². The minimum absolute atomic E-state index is 0. The van der Waals surface area contributed by atoms with Gasteiger partial charge in [-0.2, -0.15) is 0 Å². The minimum Gasteiger partial charge on any atom is -0.493 e. The van der Waals surface area contributed by atoms with Crippen LogP contribution in [-0.2, 0) is 16.1 Å². The van der Waals surface area contributed by atoms with Gasteiger partial charge in [-0.3, -0.25) is 9.59 Å². The molecule has 35 heavy (non-hydrogen) atoms. The third kappa shape index (κ3) is 7.10. The van der Waals surface area contributed by atoms with Gasteiger partial charge in [-0.25, -0.2) is 0 Å². The highest BCUT2D eigenvalue weighted by molar-refractivity contribution is 5.95. The predicted octanol–water partition coefficient (Wildman–Crippen LogP) is 3.19. The Hall–Kier alpha value is -2.81. The van der Waals surface area contributed by atoms with E-state index in [0.717, 1.165) is 18.5 Å². The van der Waals surface area contributed by atoms with Crippen LogP contribution in [0, 0.1) is 5.92 Å². The highest BCUT2D eigenvalue weighted by Crippen LogP contribution is 2.32. The number of hydrogen-bond donors (Lipinski definition) is 3. The van der Waals surface area contributed by atoms with Crippen LogP contribution in [0.2, 0.25) is 0 Å². The third-order valence-corrected chi connectivity index (χ3v) is 6.33. The van der Waals surface area contributed by atoms with Gasteiger partial charge < -0.3 is 30.2 Å². The van der Waals surface area contributed by atoms with E-state index >= 15 is 0 Å². The Morgan fingerprint density at radius 3 is 2.74 bits per heavy atom. The van der Waals surface area contributed by atoms with Crippen LogP contribution in [0.15, 0.2) is 42.5 Å². The fourth-order valence-electron chi connectivity index (χ4n) is 4.23. The summed E-state index contributed by atoms with van der Waals surface area (Å²) in [5.74, 6) is 1.99. The largest absolute Gasteiger partial charge is 0.493 e. The molecule has 5 rings (SSSR count). The second-order valence-electron chi connectivity index (χ2n) is 9.22. The lowest BCUT2D eigenvalue weighted by Gasteiger charge is -2.32. The summed E-state index contributed by atoms with van der Waals surface area (Å²) in [5.41, 5.74) is 1.41. The van der Waals surface area contributed by atoms with Gasteiger partial charge in [-0.15, -0.1) is 12.4 Å². The van der Waals surface area contributed by atoms with Gasteiger partial charge in [-0.1, -0.05) is 12.1 Å². The smallest absolute Gasteiger partial charge is 0.251 e. The number of halogens is 1. The first-order chi connectivity index (χ1) is 16.6. The van der Waals surface area contributed by atoms with Crippen molar-refractivity contribution in [3.63, 3.8) is 0 Å². The zero-order chi connectivity index (χ0) is 23.3. The quantitative estimate of drug-likeness (QED) is 0.597. The van der Waals surface area contributed by atoms with Gasteiger partial charge in [0.25, 0.3) is 5.91 Å². The van der Waals surface area contributed by atoms with E-state index in [1.165, 1.54) is 12.8 Å². The number of nitrogens with one attached hydrogen (secondary N) is 3. The molecule has 2 aromatic rings. The molecule has 0 spiro atoms. The van der Waals surface area contributed by atoms with Gasteiger partial charge in [0.05, 0.1) is 25.4 Å². The number of hydrogen-bond acceptors (Lipinski definition) is 6. The first-order valence-corrected chi connectivity index (χ1v) is 12.1. The summed E-state index contributed by atoms with van der Waals surface area (Å²) < 4.78 is 18.3. The molecule has 2 atom stereocenters. The molecule has 2 heterocycles. The number of carbonyl (C=O) groups is 2. The molecule has 1 saturated carbocycles. The van der Waals surface area contributed by atoms with E-state index in [9.17, 15) is 9.59 Å². The Kier molecular flexibility index (Phi) is 8.49. The normalized spacial score (nSPS) is 22.9. The van der Waals surface area contributed by atoms with Gasteiger partial charge in [-0.05, 0) is 61.6 Å². The van der Waals surface area contributed by atoms with E-state index < -0.39 is 0 Å². The molecule has 9 heteroatoms. The molecule has 188 valence electrons. The molecule has 0 radical (unpaired) electrons. The average molecular weight is 502 g/mol. The molecular weight excluding hydrogens is 470 g/mol. The van der Waals surface area contributed by atoms with Gasteiger partial charge in [0.2, 0.25) is 5.91 Å². The molecule has 2 aliphatic heterocycles. The summed E-state index contributed by atoms with van der Waals surface area (Å²) in [4.78, 5) is 25.4. The zero-order valence-electron chi connectivity index (χ0n) is 19.6. The molecule has 0 unspecified atom stereocenters. The fraction of sp³-hybridized carbons (Fsp3) is 0.462. The lowest BCUT2D eigenvalue weighted by atomic mass is 10.0. The summed E-state index contributed by atoms with van der Waals surface area (Å²) in [6.07, 6.45) is 3.28. The molecule has 2 amide bonds. The number of carbonyl (C=O) groups excluding carboxylic acids is 2. The van der Waals surface area contributed by atoms with Crippen molar-refractivity contribution in [2.24, 2.45) is 5.92 Å². The lowest BCUT2D eigenvalue weighted by Crippen LogP contribution is -2.54. The highest BCUT2D eigenvalue weighted by atomic mass is 35.5. The molecule has 8 nitrogen and oxygen atoms in total. The standard InChI is InChI=1S/C26H31N3O5.ClH/c30-25-7-9-28-26(31)19-11-21(32-15-17-4-5-17)13-22(12-19)34-20-3-1-2-18(10-20)16-33-24-6-8-27-14-23(24)29-25;/h1-3,10-13,17,23-24,27H,4-9,14-16H2,(H,28,31)(H,29,30);1H/t23-,24+;/m0./s1. The second-order valence-corrected chi connectivity index (χ2v) is 9.22. The molecule has 4 bridgehead atoms. The molecule has 0 aromatic heterocycles. The van der Waals surface area contributed by atoms with Crippen LogP contribution in [0.3, 0.4) is 0 Å². The Balaban J connectivity index is 0.00000289. The molecule has 1 aliphatic carbocycles. The van der Waals surface area contributed by atoms with Gasteiger partial charge in [0.1, 0.15) is 17.2 Å². The van der Waals surface area contributed by atoms with Crippen molar-refractivity contribution in [1.29, 1.82) is 0 Å². The predicted molar refractivity (Wildman–Crippen MR) is 133 cm³/mol. The maximum atomic E-state index is 12.9. The van der Waals surface area contributed by atoms with Crippen LogP contribution in [0.25, 0.3) is 0 Å². The summed E-state index contributed by atoms with van der Waals surface area (Å²) in [5, 5.41) is 9.21. The molecule has 2 aromatic carbocycles. The topological polar surface area (TPSA) is 97.9 Å². The van der Waals surface area contributed by atoms with Crippen LogP contribution >= 0.6 is 12.4 Å². The first-order valence-electron chi connectivity index (χ1n) is 12.1. The fourth-order valence-corrected chi connectivity index (χ4v) is 4.23. The van der Waals surface area contributed by atoms with Crippen molar-refractivity contribution < 1.29 is 23.8 Å². The third-order valence-electron chi connectivity index (χ3n) is 6.33.